The minimum atomic E-state index is -0.106. The van der Waals surface area contributed by atoms with E-state index in [4.69, 9.17) is 14.0 Å². The molecular weight excluding hydrogens is 358 g/mol. The van der Waals surface area contributed by atoms with Gasteiger partial charge in [-0.05, 0) is 55.0 Å². The SMILES string of the molecule is COc1ccc(N2C[C@@H](c3noc(-c4ccc(OC)cc4C)n3)CC2=O)cc1. The summed E-state index contributed by atoms with van der Waals surface area (Å²) in [7, 11) is 3.25. The molecule has 1 amide bonds. The molecule has 7 heteroatoms. The summed E-state index contributed by atoms with van der Waals surface area (Å²) in [5.74, 6) is 2.47. The molecule has 0 saturated carbocycles. The van der Waals surface area contributed by atoms with Crippen LogP contribution in [0.25, 0.3) is 11.5 Å². The topological polar surface area (TPSA) is 77.7 Å². The van der Waals surface area contributed by atoms with Crippen molar-refractivity contribution in [3.8, 4) is 23.0 Å². The van der Waals surface area contributed by atoms with Gasteiger partial charge in [0.05, 0.1) is 14.2 Å². The monoisotopic (exact) mass is 379 g/mol. The number of ether oxygens (including phenoxy) is 2. The summed E-state index contributed by atoms with van der Waals surface area (Å²) in [4.78, 5) is 18.8. The highest BCUT2D eigenvalue weighted by molar-refractivity contribution is 5.96. The van der Waals surface area contributed by atoms with Crippen LogP contribution in [-0.4, -0.2) is 36.8 Å². The van der Waals surface area contributed by atoms with Crippen LogP contribution in [0.4, 0.5) is 5.69 Å². The molecule has 0 spiro atoms. The lowest BCUT2D eigenvalue weighted by molar-refractivity contribution is -0.117. The van der Waals surface area contributed by atoms with Crippen LogP contribution in [0.5, 0.6) is 11.5 Å². The van der Waals surface area contributed by atoms with Crippen LogP contribution in [-0.2, 0) is 4.79 Å². The minimum absolute atomic E-state index is 0.0437. The van der Waals surface area contributed by atoms with Gasteiger partial charge in [-0.2, -0.15) is 4.98 Å². The Hall–Kier alpha value is -3.35. The Balaban J connectivity index is 1.53. The molecule has 2 aromatic carbocycles. The van der Waals surface area contributed by atoms with Crippen LogP contribution >= 0.6 is 0 Å². The molecule has 1 aliphatic rings. The zero-order valence-corrected chi connectivity index (χ0v) is 16.0. The number of nitrogens with zero attached hydrogens (tertiary/aromatic N) is 3. The number of hydrogen-bond acceptors (Lipinski definition) is 6. The minimum Gasteiger partial charge on any atom is -0.497 e. The first kappa shape index (κ1) is 18.0. The van der Waals surface area contributed by atoms with E-state index < -0.39 is 0 Å². The van der Waals surface area contributed by atoms with E-state index in [0.29, 0.717) is 24.7 Å². The van der Waals surface area contributed by atoms with Gasteiger partial charge in [-0.25, -0.2) is 0 Å². The number of hydrogen-bond donors (Lipinski definition) is 0. The Labute approximate surface area is 162 Å². The highest BCUT2D eigenvalue weighted by atomic mass is 16.5. The molecule has 0 aliphatic carbocycles. The molecule has 1 aromatic heterocycles. The van der Waals surface area contributed by atoms with Gasteiger partial charge in [-0.15, -0.1) is 0 Å². The summed E-state index contributed by atoms with van der Waals surface area (Å²) >= 11 is 0. The maximum Gasteiger partial charge on any atom is 0.258 e. The lowest BCUT2D eigenvalue weighted by atomic mass is 10.1. The molecule has 144 valence electrons. The quantitative estimate of drug-likeness (QED) is 0.674. The lowest BCUT2D eigenvalue weighted by Crippen LogP contribution is -2.24. The maximum absolute atomic E-state index is 12.5. The average molecular weight is 379 g/mol. The maximum atomic E-state index is 12.5. The van der Waals surface area contributed by atoms with Crippen LogP contribution in [0.15, 0.2) is 47.0 Å². The molecule has 4 rings (SSSR count). The zero-order chi connectivity index (χ0) is 19.7. The summed E-state index contributed by atoms with van der Waals surface area (Å²) in [6.07, 6.45) is 0.354. The molecule has 3 aromatic rings. The van der Waals surface area contributed by atoms with Crippen molar-refractivity contribution in [1.82, 2.24) is 10.1 Å². The van der Waals surface area contributed by atoms with Crippen molar-refractivity contribution in [3.63, 3.8) is 0 Å². The smallest absolute Gasteiger partial charge is 0.258 e. The number of amides is 1. The first-order valence-electron chi connectivity index (χ1n) is 9.02. The second kappa shape index (κ2) is 7.34. The third-order valence-corrected chi connectivity index (χ3v) is 4.98. The van der Waals surface area contributed by atoms with Gasteiger partial charge >= 0.3 is 0 Å². The Morgan fingerprint density at radius 1 is 1.07 bits per heavy atom. The molecule has 1 fully saturated rings. The number of rotatable bonds is 5. The Morgan fingerprint density at radius 2 is 1.79 bits per heavy atom. The lowest BCUT2D eigenvalue weighted by Gasteiger charge is -2.16. The third-order valence-electron chi connectivity index (χ3n) is 4.98. The van der Waals surface area contributed by atoms with Gasteiger partial charge in [-0.3, -0.25) is 4.79 Å². The number of carbonyl (C=O) groups excluding carboxylic acids is 1. The van der Waals surface area contributed by atoms with Crippen molar-refractivity contribution in [2.75, 3.05) is 25.7 Å². The molecule has 0 radical (unpaired) electrons. The first-order chi connectivity index (χ1) is 13.6. The number of aromatic nitrogens is 2. The van der Waals surface area contributed by atoms with E-state index in [1.54, 1.807) is 19.1 Å². The fourth-order valence-corrected chi connectivity index (χ4v) is 3.41. The predicted molar refractivity (Wildman–Crippen MR) is 104 cm³/mol. The number of aryl methyl sites for hydroxylation is 1. The molecule has 28 heavy (non-hydrogen) atoms. The highest BCUT2D eigenvalue weighted by Gasteiger charge is 2.34. The van der Waals surface area contributed by atoms with Gasteiger partial charge in [0, 0.05) is 30.1 Å². The predicted octanol–water partition coefficient (Wildman–Crippen LogP) is 3.58. The fourth-order valence-electron chi connectivity index (χ4n) is 3.41. The van der Waals surface area contributed by atoms with Crippen LogP contribution in [0.2, 0.25) is 0 Å². The standard InChI is InChI=1S/C21H21N3O4/c1-13-10-17(27-3)8-9-18(13)21-22-20(23-28-21)14-11-19(25)24(12-14)15-4-6-16(26-2)7-5-15/h4-10,14H,11-12H2,1-3H3/t14-/m0/s1. The third kappa shape index (κ3) is 3.31. The Kier molecular flexibility index (Phi) is 4.73. The van der Waals surface area contributed by atoms with Crippen molar-refractivity contribution in [2.45, 2.75) is 19.3 Å². The van der Waals surface area contributed by atoms with Crippen LogP contribution < -0.4 is 14.4 Å². The second-order valence-electron chi connectivity index (χ2n) is 6.74. The molecule has 1 saturated heterocycles. The van der Waals surface area contributed by atoms with Gasteiger partial charge < -0.3 is 18.9 Å². The van der Waals surface area contributed by atoms with Crippen molar-refractivity contribution < 1.29 is 18.8 Å². The number of methoxy groups -OCH3 is 2. The largest absolute Gasteiger partial charge is 0.497 e. The van der Waals surface area contributed by atoms with Crippen molar-refractivity contribution in [3.05, 3.63) is 53.9 Å². The highest BCUT2D eigenvalue weighted by Crippen LogP contribution is 2.33. The van der Waals surface area contributed by atoms with E-state index >= 15 is 0 Å². The summed E-state index contributed by atoms with van der Waals surface area (Å²) < 4.78 is 15.9. The molecule has 1 aliphatic heterocycles. The van der Waals surface area contributed by atoms with E-state index in [1.807, 2.05) is 49.4 Å². The Bertz CT molecular complexity index is 997. The first-order valence-corrected chi connectivity index (χ1v) is 9.02. The Morgan fingerprint density at radius 3 is 2.46 bits per heavy atom. The van der Waals surface area contributed by atoms with Gasteiger partial charge in [0.25, 0.3) is 5.89 Å². The molecule has 1 atom stereocenters. The number of benzene rings is 2. The number of carbonyl (C=O) groups is 1. The van der Waals surface area contributed by atoms with Gasteiger partial charge in [-0.1, -0.05) is 5.16 Å². The van der Waals surface area contributed by atoms with Gasteiger partial charge in [0.15, 0.2) is 5.82 Å². The fraction of sp³-hybridized carbons (Fsp3) is 0.286. The van der Waals surface area contributed by atoms with Crippen LogP contribution in [0.1, 0.15) is 23.7 Å². The number of anilines is 1. The average Bonchev–Trinajstić information content (AvgIpc) is 3.35. The van der Waals surface area contributed by atoms with Gasteiger partial charge in [0.2, 0.25) is 5.91 Å². The molecule has 7 nitrogen and oxygen atoms in total. The van der Waals surface area contributed by atoms with Crippen molar-refractivity contribution in [1.29, 1.82) is 0 Å². The molecule has 0 unspecified atom stereocenters. The van der Waals surface area contributed by atoms with E-state index in [0.717, 1.165) is 28.3 Å². The molecule has 2 heterocycles. The normalized spacial score (nSPS) is 16.5. The molecule has 0 N–H and O–H groups in total. The van der Waals surface area contributed by atoms with Crippen molar-refractivity contribution >= 4 is 11.6 Å². The van der Waals surface area contributed by atoms with E-state index in [2.05, 4.69) is 10.1 Å². The molecular formula is C21H21N3O4. The van der Waals surface area contributed by atoms with E-state index in [-0.39, 0.29) is 11.8 Å². The van der Waals surface area contributed by atoms with Crippen LogP contribution in [0, 0.1) is 6.92 Å². The molecule has 0 bridgehead atoms. The summed E-state index contributed by atoms with van der Waals surface area (Å²) in [6.45, 7) is 2.48. The van der Waals surface area contributed by atoms with Gasteiger partial charge in [0.1, 0.15) is 11.5 Å². The summed E-state index contributed by atoms with van der Waals surface area (Å²) in [5, 5.41) is 4.13. The summed E-state index contributed by atoms with van der Waals surface area (Å²) in [5.41, 5.74) is 2.68. The van der Waals surface area contributed by atoms with E-state index in [9.17, 15) is 4.79 Å². The zero-order valence-electron chi connectivity index (χ0n) is 16.0. The summed E-state index contributed by atoms with van der Waals surface area (Å²) in [6, 6.07) is 13.1. The van der Waals surface area contributed by atoms with Crippen molar-refractivity contribution in [2.24, 2.45) is 0 Å². The second-order valence-corrected chi connectivity index (χ2v) is 6.74. The van der Waals surface area contributed by atoms with E-state index in [1.165, 1.54) is 0 Å². The van der Waals surface area contributed by atoms with Crippen LogP contribution in [0.3, 0.4) is 0 Å².